The number of aryl methyl sites for hydroxylation is 1. The first-order chi connectivity index (χ1) is 19.9. The van der Waals surface area contributed by atoms with E-state index in [-0.39, 0.29) is 30.9 Å². The second-order valence-electron chi connectivity index (χ2n) is 10.2. The van der Waals surface area contributed by atoms with Gasteiger partial charge >= 0.3 is 0 Å². The van der Waals surface area contributed by atoms with E-state index in [4.69, 9.17) is 14.2 Å². The van der Waals surface area contributed by atoms with E-state index in [1.54, 1.807) is 47.4 Å². The number of likely N-dealkylation sites (tertiary alicyclic amines) is 1. The van der Waals surface area contributed by atoms with E-state index < -0.39 is 11.8 Å². The number of amides is 3. The molecule has 1 spiro atoms. The van der Waals surface area contributed by atoms with Gasteiger partial charge in [0, 0.05) is 43.3 Å². The molecule has 2 aliphatic heterocycles. The largest absolute Gasteiger partial charge is 0.493 e. The number of methoxy groups -OCH3 is 2. The predicted molar refractivity (Wildman–Crippen MR) is 151 cm³/mol. The van der Waals surface area contributed by atoms with Crippen LogP contribution < -0.4 is 14.8 Å². The van der Waals surface area contributed by atoms with Crippen molar-refractivity contribution in [3.8, 4) is 11.5 Å². The molecule has 0 saturated carbocycles. The van der Waals surface area contributed by atoms with E-state index in [0.29, 0.717) is 54.3 Å². The zero-order valence-electron chi connectivity index (χ0n) is 23.5. The van der Waals surface area contributed by atoms with Crippen molar-refractivity contribution in [2.45, 2.75) is 38.1 Å². The lowest BCUT2D eigenvalue weighted by Gasteiger charge is -2.44. The molecule has 2 aliphatic rings. The predicted octanol–water partition coefficient (Wildman–Crippen LogP) is 3.20. The summed E-state index contributed by atoms with van der Waals surface area (Å²) >= 11 is 0. The molecule has 2 aromatic carbocycles. The number of hydrogen-bond donors (Lipinski definition) is 1. The Bertz CT molecular complexity index is 1420. The van der Waals surface area contributed by atoms with Crippen LogP contribution in [0, 0.1) is 6.92 Å². The highest BCUT2D eigenvalue weighted by molar-refractivity contribution is 5.99. The first-order valence-electron chi connectivity index (χ1n) is 13.6. The van der Waals surface area contributed by atoms with Gasteiger partial charge in [0.15, 0.2) is 11.5 Å². The maximum atomic E-state index is 14.0. The number of piperidine rings is 1. The molecule has 1 atom stereocenters. The molecular formula is C31H34N4O6. The monoisotopic (exact) mass is 558 g/mol. The fourth-order valence-electron chi connectivity index (χ4n) is 5.52. The van der Waals surface area contributed by atoms with E-state index in [2.05, 4.69) is 10.3 Å². The highest BCUT2D eigenvalue weighted by atomic mass is 16.5. The lowest BCUT2D eigenvalue weighted by atomic mass is 9.95. The second kappa shape index (κ2) is 12.0. The maximum absolute atomic E-state index is 14.0. The van der Waals surface area contributed by atoms with Crippen LogP contribution in [0.1, 0.15) is 44.8 Å². The second-order valence-corrected chi connectivity index (χ2v) is 10.2. The summed E-state index contributed by atoms with van der Waals surface area (Å²) in [4.78, 5) is 48.5. The van der Waals surface area contributed by atoms with Crippen LogP contribution in [0.5, 0.6) is 11.5 Å². The van der Waals surface area contributed by atoms with Crippen LogP contribution in [0.3, 0.4) is 0 Å². The number of carbonyl (C=O) groups is 3. The Balaban J connectivity index is 1.36. The summed E-state index contributed by atoms with van der Waals surface area (Å²) in [5, 5.41) is 2.92. The van der Waals surface area contributed by atoms with Crippen molar-refractivity contribution in [3.05, 3.63) is 89.2 Å². The number of ether oxygens (including phenoxy) is 3. The summed E-state index contributed by atoms with van der Waals surface area (Å²) in [6.45, 7) is 2.88. The Labute approximate surface area is 239 Å². The van der Waals surface area contributed by atoms with Crippen molar-refractivity contribution in [2.24, 2.45) is 0 Å². The third-order valence-corrected chi connectivity index (χ3v) is 7.79. The normalized spacial score (nSPS) is 17.8. The molecule has 5 rings (SSSR count). The molecule has 3 amide bonds. The molecule has 10 heteroatoms. The standard InChI is InChI=1S/C31H34N4O6/c1-21-8-4-5-10-24(21)30(38)35-25(28(36)33-19-23-9-6-7-15-32-23)20-41-31(35)13-16-34(17-14-31)29(37)22-11-12-26(39-2)27(18-22)40-3/h4-12,15,18,25H,13-14,16-17,19-20H2,1-3H3,(H,33,36)/t25-/m1/s1. The molecule has 0 bridgehead atoms. The van der Waals surface area contributed by atoms with Gasteiger partial charge in [-0.05, 0) is 48.9 Å². The summed E-state index contributed by atoms with van der Waals surface area (Å²) < 4.78 is 17.0. The molecule has 3 aromatic rings. The number of benzene rings is 2. The van der Waals surface area contributed by atoms with Gasteiger partial charge in [0.25, 0.3) is 11.8 Å². The quantitative estimate of drug-likeness (QED) is 0.474. The number of pyridine rings is 1. The Morgan fingerprint density at radius 2 is 1.71 bits per heavy atom. The molecular weight excluding hydrogens is 524 g/mol. The van der Waals surface area contributed by atoms with Crippen LogP contribution in [-0.2, 0) is 16.1 Å². The number of rotatable bonds is 7. The van der Waals surface area contributed by atoms with Crippen LogP contribution >= 0.6 is 0 Å². The number of carbonyl (C=O) groups excluding carboxylic acids is 3. The average molecular weight is 559 g/mol. The highest BCUT2D eigenvalue weighted by Crippen LogP contribution is 2.39. The lowest BCUT2D eigenvalue weighted by molar-refractivity contribution is -0.128. The molecule has 214 valence electrons. The molecule has 0 unspecified atom stereocenters. The summed E-state index contributed by atoms with van der Waals surface area (Å²) in [5.41, 5.74) is 1.51. The summed E-state index contributed by atoms with van der Waals surface area (Å²) in [6, 6.07) is 17.1. The van der Waals surface area contributed by atoms with Crippen molar-refractivity contribution >= 4 is 17.7 Å². The SMILES string of the molecule is COc1ccc(C(=O)N2CCC3(CC2)OC[C@H](C(=O)NCc2ccccn2)N3C(=O)c2ccccc2C)cc1OC. The van der Waals surface area contributed by atoms with Gasteiger partial charge in [-0.2, -0.15) is 0 Å². The fraction of sp³-hybridized carbons (Fsp3) is 0.355. The minimum Gasteiger partial charge on any atom is -0.493 e. The van der Waals surface area contributed by atoms with E-state index in [1.807, 2.05) is 43.3 Å². The summed E-state index contributed by atoms with van der Waals surface area (Å²) in [6.07, 6.45) is 2.40. The number of nitrogens with one attached hydrogen (secondary N) is 1. The first kappa shape index (κ1) is 28.1. The maximum Gasteiger partial charge on any atom is 0.257 e. The first-order valence-corrected chi connectivity index (χ1v) is 13.6. The zero-order chi connectivity index (χ0) is 29.0. The van der Waals surface area contributed by atoms with Crippen molar-refractivity contribution in [2.75, 3.05) is 33.9 Å². The Kier molecular flexibility index (Phi) is 8.21. The average Bonchev–Trinajstić information content (AvgIpc) is 3.38. The van der Waals surface area contributed by atoms with Crippen LogP contribution in [0.2, 0.25) is 0 Å². The molecule has 10 nitrogen and oxygen atoms in total. The molecule has 0 aliphatic carbocycles. The molecule has 2 saturated heterocycles. The van der Waals surface area contributed by atoms with Gasteiger partial charge in [0.05, 0.1) is 33.1 Å². The molecule has 3 heterocycles. The van der Waals surface area contributed by atoms with Crippen LogP contribution in [0.4, 0.5) is 0 Å². The third-order valence-electron chi connectivity index (χ3n) is 7.79. The van der Waals surface area contributed by atoms with E-state index in [0.717, 1.165) is 5.56 Å². The van der Waals surface area contributed by atoms with Gasteiger partial charge < -0.3 is 24.4 Å². The molecule has 2 fully saturated rings. The number of hydrogen-bond acceptors (Lipinski definition) is 7. The Morgan fingerprint density at radius 3 is 2.39 bits per heavy atom. The van der Waals surface area contributed by atoms with Gasteiger partial charge in [-0.3, -0.25) is 24.3 Å². The van der Waals surface area contributed by atoms with Crippen LogP contribution in [0.15, 0.2) is 66.9 Å². The lowest BCUT2D eigenvalue weighted by Crippen LogP contribution is -2.59. The topological polar surface area (TPSA) is 110 Å². The molecule has 41 heavy (non-hydrogen) atoms. The van der Waals surface area contributed by atoms with Crippen LogP contribution in [0.25, 0.3) is 0 Å². The van der Waals surface area contributed by atoms with E-state index in [9.17, 15) is 14.4 Å². The van der Waals surface area contributed by atoms with Crippen molar-refractivity contribution in [1.29, 1.82) is 0 Å². The van der Waals surface area contributed by atoms with E-state index in [1.165, 1.54) is 7.11 Å². The van der Waals surface area contributed by atoms with Crippen molar-refractivity contribution in [1.82, 2.24) is 20.1 Å². The van der Waals surface area contributed by atoms with Gasteiger partial charge in [0.2, 0.25) is 5.91 Å². The molecule has 0 radical (unpaired) electrons. The van der Waals surface area contributed by atoms with Crippen LogP contribution in [-0.4, -0.2) is 78.2 Å². The van der Waals surface area contributed by atoms with Gasteiger partial charge in [-0.15, -0.1) is 0 Å². The third kappa shape index (κ3) is 5.60. The van der Waals surface area contributed by atoms with Crippen molar-refractivity contribution < 1.29 is 28.6 Å². The zero-order valence-corrected chi connectivity index (χ0v) is 23.5. The van der Waals surface area contributed by atoms with Crippen molar-refractivity contribution in [3.63, 3.8) is 0 Å². The fourth-order valence-corrected chi connectivity index (χ4v) is 5.52. The van der Waals surface area contributed by atoms with Gasteiger partial charge in [-0.25, -0.2) is 0 Å². The minimum absolute atomic E-state index is 0.0648. The Morgan fingerprint density at radius 1 is 0.976 bits per heavy atom. The summed E-state index contributed by atoms with van der Waals surface area (Å²) in [7, 11) is 3.07. The van der Waals surface area contributed by atoms with Gasteiger partial charge in [0.1, 0.15) is 11.8 Å². The van der Waals surface area contributed by atoms with Gasteiger partial charge in [-0.1, -0.05) is 24.3 Å². The Hall–Kier alpha value is -4.44. The van der Waals surface area contributed by atoms with E-state index >= 15 is 0 Å². The minimum atomic E-state index is -1.01. The smallest absolute Gasteiger partial charge is 0.257 e. The molecule has 1 aromatic heterocycles. The number of nitrogens with zero attached hydrogens (tertiary/aromatic N) is 3. The molecule has 1 N–H and O–H groups in total. The summed E-state index contributed by atoms with van der Waals surface area (Å²) in [5.74, 6) is 0.288. The number of aromatic nitrogens is 1. The highest BCUT2D eigenvalue weighted by Gasteiger charge is 2.54.